The SMILES string of the molecule is C=C(/C=C\C=C/C)c1cc(-c2ccccc2)ccn1. The summed E-state index contributed by atoms with van der Waals surface area (Å²) in [4.78, 5) is 4.37. The van der Waals surface area contributed by atoms with Gasteiger partial charge in [-0.25, -0.2) is 0 Å². The van der Waals surface area contributed by atoms with Crippen molar-refractivity contribution < 1.29 is 0 Å². The highest BCUT2D eigenvalue weighted by Gasteiger charge is 2.01. The maximum atomic E-state index is 4.37. The Labute approximate surface area is 114 Å². The number of rotatable bonds is 4. The third-order valence-corrected chi connectivity index (χ3v) is 2.80. The van der Waals surface area contributed by atoms with E-state index in [0.29, 0.717) is 0 Å². The fourth-order valence-corrected chi connectivity index (χ4v) is 1.78. The first-order valence-electron chi connectivity index (χ1n) is 6.31. The molecule has 1 nitrogen and oxygen atoms in total. The summed E-state index contributed by atoms with van der Waals surface area (Å²) in [6.07, 6.45) is 9.73. The van der Waals surface area contributed by atoms with Crippen LogP contribution in [0, 0.1) is 0 Å². The maximum Gasteiger partial charge on any atom is 0.0702 e. The van der Waals surface area contributed by atoms with Crippen molar-refractivity contribution in [2.75, 3.05) is 0 Å². The molecule has 0 atom stereocenters. The zero-order valence-corrected chi connectivity index (χ0v) is 11.1. The molecule has 0 saturated carbocycles. The van der Waals surface area contributed by atoms with Crippen LogP contribution < -0.4 is 0 Å². The van der Waals surface area contributed by atoms with E-state index >= 15 is 0 Å². The highest BCUT2D eigenvalue weighted by molar-refractivity contribution is 5.74. The van der Waals surface area contributed by atoms with Crippen LogP contribution >= 0.6 is 0 Å². The monoisotopic (exact) mass is 247 g/mol. The van der Waals surface area contributed by atoms with Gasteiger partial charge in [-0.2, -0.15) is 0 Å². The Morgan fingerprint density at radius 1 is 1.05 bits per heavy atom. The number of pyridine rings is 1. The Hall–Kier alpha value is -2.41. The molecule has 0 bridgehead atoms. The summed E-state index contributed by atoms with van der Waals surface area (Å²) in [5, 5.41) is 0. The molecule has 1 aromatic carbocycles. The minimum absolute atomic E-state index is 0.905. The highest BCUT2D eigenvalue weighted by atomic mass is 14.7. The predicted molar refractivity (Wildman–Crippen MR) is 82.7 cm³/mol. The molecule has 2 rings (SSSR count). The minimum atomic E-state index is 0.905. The van der Waals surface area contributed by atoms with Gasteiger partial charge in [0.2, 0.25) is 0 Å². The Morgan fingerprint density at radius 2 is 1.84 bits per heavy atom. The normalized spacial score (nSPS) is 11.2. The molecule has 0 saturated heterocycles. The quantitative estimate of drug-likeness (QED) is 0.701. The summed E-state index contributed by atoms with van der Waals surface area (Å²) in [6.45, 7) is 6.04. The van der Waals surface area contributed by atoms with Crippen molar-refractivity contribution in [3.8, 4) is 11.1 Å². The van der Waals surface area contributed by atoms with Gasteiger partial charge >= 0.3 is 0 Å². The van der Waals surface area contributed by atoms with Gasteiger partial charge in [0.25, 0.3) is 0 Å². The van der Waals surface area contributed by atoms with Crippen LogP contribution in [0.4, 0.5) is 0 Å². The van der Waals surface area contributed by atoms with E-state index in [9.17, 15) is 0 Å². The van der Waals surface area contributed by atoms with Crippen molar-refractivity contribution in [1.82, 2.24) is 4.98 Å². The van der Waals surface area contributed by atoms with E-state index in [1.165, 1.54) is 5.56 Å². The van der Waals surface area contributed by atoms with E-state index in [4.69, 9.17) is 0 Å². The Morgan fingerprint density at radius 3 is 2.58 bits per heavy atom. The number of allylic oxidation sites excluding steroid dienone is 5. The summed E-state index contributed by atoms with van der Waals surface area (Å²) in [5.41, 5.74) is 4.17. The maximum absolute atomic E-state index is 4.37. The fourth-order valence-electron chi connectivity index (χ4n) is 1.78. The zero-order valence-electron chi connectivity index (χ0n) is 11.1. The van der Waals surface area contributed by atoms with Crippen molar-refractivity contribution in [3.05, 3.63) is 85.2 Å². The van der Waals surface area contributed by atoms with Crippen LogP contribution in [0.1, 0.15) is 12.6 Å². The van der Waals surface area contributed by atoms with Crippen molar-refractivity contribution in [2.45, 2.75) is 6.92 Å². The average Bonchev–Trinajstić information content (AvgIpc) is 2.48. The molecule has 2 aromatic rings. The lowest BCUT2D eigenvalue weighted by Gasteiger charge is -2.04. The molecule has 19 heavy (non-hydrogen) atoms. The molecule has 1 heterocycles. The molecular formula is C18H17N. The number of nitrogens with zero attached hydrogens (tertiary/aromatic N) is 1. The van der Waals surface area contributed by atoms with E-state index in [2.05, 4.69) is 29.8 Å². The fraction of sp³-hybridized carbons (Fsp3) is 0.0556. The van der Waals surface area contributed by atoms with E-state index < -0.39 is 0 Å². The average molecular weight is 247 g/mol. The van der Waals surface area contributed by atoms with Gasteiger partial charge in [0.15, 0.2) is 0 Å². The first-order valence-corrected chi connectivity index (χ1v) is 6.31. The molecule has 94 valence electrons. The molecule has 0 N–H and O–H groups in total. The van der Waals surface area contributed by atoms with Crippen molar-refractivity contribution in [2.24, 2.45) is 0 Å². The van der Waals surface area contributed by atoms with Crippen LogP contribution in [-0.4, -0.2) is 4.98 Å². The third kappa shape index (κ3) is 3.52. The van der Waals surface area contributed by atoms with Crippen molar-refractivity contribution in [3.63, 3.8) is 0 Å². The Kier molecular flexibility index (Phi) is 4.46. The molecule has 0 aliphatic heterocycles. The smallest absolute Gasteiger partial charge is 0.0702 e. The van der Waals surface area contributed by atoms with Crippen LogP contribution in [0.3, 0.4) is 0 Å². The summed E-state index contributed by atoms with van der Waals surface area (Å²) in [5.74, 6) is 0. The third-order valence-electron chi connectivity index (χ3n) is 2.80. The number of aromatic nitrogens is 1. The Balaban J connectivity index is 2.27. The van der Waals surface area contributed by atoms with E-state index in [-0.39, 0.29) is 0 Å². The lowest BCUT2D eigenvalue weighted by atomic mass is 10.0. The van der Waals surface area contributed by atoms with Crippen LogP contribution in [0.25, 0.3) is 16.7 Å². The molecule has 1 heteroatoms. The molecule has 1 aromatic heterocycles. The van der Waals surface area contributed by atoms with Gasteiger partial charge in [-0.05, 0) is 35.8 Å². The standard InChI is InChI=1S/C18H17N/c1-3-4-6-9-15(2)18-14-17(12-13-19-18)16-10-7-5-8-11-16/h3-14H,2H2,1H3/b4-3-,9-6-. The molecule has 0 amide bonds. The lowest BCUT2D eigenvalue weighted by Crippen LogP contribution is -1.87. The summed E-state index contributed by atoms with van der Waals surface area (Å²) in [7, 11) is 0. The van der Waals surface area contributed by atoms with Crippen LogP contribution in [0.2, 0.25) is 0 Å². The zero-order chi connectivity index (χ0) is 13.5. The van der Waals surface area contributed by atoms with E-state index in [1.54, 1.807) is 0 Å². The molecule has 0 unspecified atom stereocenters. The van der Waals surface area contributed by atoms with Gasteiger partial charge in [0.1, 0.15) is 0 Å². The molecule has 0 aliphatic carbocycles. The molecular weight excluding hydrogens is 230 g/mol. The van der Waals surface area contributed by atoms with Gasteiger partial charge in [-0.3, -0.25) is 4.98 Å². The largest absolute Gasteiger partial charge is 0.256 e. The summed E-state index contributed by atoms with van der Waals surface area (Å²) in [6, 6.07) is 14.4. The van der Waals surface area contributed by atoms with Crippen LogP contribution in [0.5, 0.6) is 0 Å². The lowest BCUT2D eigenvalue weighted by molar-refractivity contribution is 1.28. The first-order chi connectivity index (χ1) is 9.31. The second kappa shape index (κ2) is 6.50. The minimum Gasteiger partial charge on any atom is -0.256 e. The summed E-state index contributed by atoms with van der Waals surface area (Å²) < 4.78 is 0. The van der Waals surface area contributed by atoms with Gasteiger partial charge in [-0.1, -0.05) is 61.2 Å². The number of hydrogen-bond donors (Lipinski definition) is 0. The highest BCUT2D eigenvalue weighted by Crippen LogP contribution is 2.21. The van der Waals surface area contributed by atoms with Gasteiger partial charge in [-0.15, -0.1) is 0 Å². The van der Waals surface area contributed by atoms with E-state index in [1.807, 2.05) is 61.7 Å². The summed E-state index contributed by atoms with van der Waals surface area (Å²) >= 11 is 0. The van der Waals surface area contributed by atoms with Gasteiger partial charge in [0.05, 0.1) is 5.69 Å². The Bertz CT molecular complexity index is 607. The van der Waals surface area contributed by atoms with Crippen molar-refractivity contribution in [1.29, 1.82) is 0 Å². The molecule has 0 aliphatic rings. The second-order valence-electron chi connectivity index (χ2n) is 4.21. The number of hydrogen-bond acceptors (Lipinski definition) is 1. The van der Waals surface area contributed by atoms with Gasteiger partial charge < -0.3 is 0 Å². The van der Waals surface area contributed by atoms with E-state index in [0.717, 1.165) is 16.8 Å². The predicted octanol–water partition coefficient (Wildman–Crippen LogP) is 4.89. The van der Waals surface area contributed by atoms with Crippen LogP contribution in [0.15, 0.2) is 79.5 Å². The van der Waals surface area contributed by atoms with Crippen molar-refractivity contribution >= 4 is 5.57 Å². The topological polar surface area (TPSA) is 12.9 Å². The van der Waals surface area contributed by atoms with Crippen LogP contribution in [-0.2, 0) is 0 Å². The molecule has 0 radical (unpaired) electrons. The molecule has 0 fully saturated rings. The second-order valence-corrected chi connectivity index (χ2v) is 4.21. The number of benzene rings is 1. The molecule has 0 spiro atoms. The first kappa shape index (κ1) is 13.0. The van der Waals surface area contributed by atoms with Gasteiger partial charge in [0, 0.05) is 6.20 Å².